The zero-order valence-electron chi connectivity index (χ0n) is 14.3. The number of rotatable bonds is 6. The summed E-state index contributed by atoms with van der Waals surface area (Å²) in [6, 6.07) is 8.18. The standard InChI is InChI=1S/C18H14F5N3O2/c19-17(20,27-10-11-1-2-11)16-25-24-15-8-5-13(9-26(15)16)12-3-6-14(7-4-12)28-18(21,22)23/h3-9,11H,1-2,10H2. The minimum Gasteiger partial charge on any atom is -0.406 e. The average molecular weight is 399 g/mol. The molecule has 10 heteroatoms. The topological polar surface area (TPSA) is 48.7 Å². The Kier molecular flexibility index (Phi) is 4.45. The number of alkyl halides is 5. The Bertz CT molecular complexity index is 981. The molecule has 0 radical (unpaired) electrons. The van der Waals surface area contributed by atoms with Crippen LogP contribution in [-0.4, -0.2) is 27.6 Å². The Hall–Kier alpha value is -2.75. The van der Waals surface area contributed by atoms with Crippen molar-refractivity contribution in [1.82, 2.24) is 14.6 Å². The molecule has 0 N–H and O–H groups in total. The van der Waals surface area contributed by atoms with Crippen molar-refractivity contribution in [2.45, 2.75) is 25.3 Å². The molecule has 0 aliphatic heterocycles. The van der Waals surface area contributed by atoms with E-state index in [2.05, 4.69) is 14.9 Å². The largest absolute Gasteiger partial charge is 0.573 e. The molecular formula is C18H14F5N3O2. The molecule has 0 unspecified atom stereocenters. The number of nitrogens with zero attached hydrogens (tertiary/aromatic N) is 3. The van der Waals surface area contributed by atoms with Gasteiger partial charge in [0.15, 0.2) is 5.65 Å². The summed E-state index contributed by atoms with van der Waals surface area (Å²) in [5.74, 6) is -0.873. The number of hydrogen-bond donors (Lipinski definition) is 0. The second-order valence-electron chi connectivity index (χ2n) is 6.51. The number of benzene rings is 1. The highest BCUT2D eigenvalue weighted by Crippen LogP contribution is 2.35. The van der Waals surface area contributed by atoms with Gasteiger partial charge in [0.05, 0.1) is 6.61 Å². The van der Waals surface area contributed by atoms with E-state index in [0.29, 0.717) is 11.1 Å². The van der Waals surface area contributed by atoms with Gasteiger partial charge in [-0.2, -0.15) is 8.78 Å². The fraction of sp³-hybridized carbons (Fsp3) is 0.333. The van der Waals surface area contributed by atoms with Gasteiger partial charge in [0.25, 0.3) is 0 Å². The Balaban J connectivity index is 1.62. The highest BCUT2D eigenvalue weighted by Gasteiger charge is 2.40. The molecule has 28 heavy (non-hydrogen) atoms. The van der Waals surface area contributed by atoms with Crippen LogP contribution in [0.15, 0.2) is 42.6 Å². The molecule has 148 valence electrons. The minimum atomic E-state index is -4.79. The van der Waals surface area contributed by atoms with E-state index >= 15 is 0 Å². The molecule has 5 nitrogen and oxygen atoms in total. The van der Waals surface area contributed by atoms with Gasteiger partial charge < -0.3 is 9.47 Å². The molecule has 1 aliphatic rings. The third-order valence-electron chi connectivity index (χ3n) is 4.28. The van der Waals surface area contributed by atoms with E-state index in [1.165, 1.54) is 24.4 Å². The van der Waals surface area contributed by atoms with Crippen LogP contribution in [0.1, 0.15) is 18.7 Å². The fourth-order valence-electron chi connectivity index (χ4n) is 2.68. The van der Waals surface area contributed by atoms with E-state index in [-0.39, 0.29) is 23.9 Å². The predicted molar refractivity (Wildman–Crippen MR) is 87.7 cm³/mol. The molecule has 0 atom stereocenters. The molecule has 2 aromatic heterocycles. The first-order valence-electron chi connectivity index (χ1n) is 8.44. The van der Waals surface area contributed by atoms with Crippen LogP contribution in [-0.2, 0) is 10.8 Å². The lowest BCUT2D eigenvalue weighted by Crippen LogP contribution is -2.23. The maximum absolute atomic E-state index is 14.4. The SMILES string of the molecule is FC(F)(F)Oc1ccc(-c2ccc3nnc(C(F)(F)OCC4CC4)n3c2)cc1. The lowest BCUT2D eigenvalue weighted by atomic mass is 10.1. The number of halogens is 5. The van der Waals surface area contributed by atoms with Gasteiger partial charge in [0.2, 0.25) is 5.82 Å². The molecule has 0 amide bonds. The number of fused-ring (bicyclic) bond motifs is 1. The fourth-order valence-corrected chi connectivity index (χ4v) is 2.68. The van der Waals surface area contributed by atoms with Gasteiger partial charge >= 0.3 is 12.5 Å². The first-order chi connectivity index (χ1) is 13.2. The van der Waals surface area contributed by atoms with Crippen LogP contribution < -0.4 is 4.74 Å². The van der Waals surface area contributed by atoms with E-state index in [9.17, 15) is 22.0 Å². The average Bonchev–Trinajstić information content (AvgIpc) is 3.36. The van der Waals surface area contributed by atoms with E-state index in [1.807, 2.05) is 0 Å². The zero-order chi connectivity index (χ0) is 19.9. The Morgan fingerprint density at radius 2 is 1.61 bits per heavy atom. The van der Waals surface area contributed by atoms with Gasteiger partial charge in [-0.25, -0.2) is 0 Å². The van der Waals surface area contributed by atoms with Gasteiger partial charge in [-0.15, -0.1) is 23.4 Å². The maximum atomic E-state index is 14.4. The molecule has 1 aliphatic carbocycles. The van der Waals surface area contributed by atoms with E-state index < -0.39 is 18.3 Å². The van der Waals surface area contributed by atoms with Crippen molar-refractivity contribution >= 4 is 5.65 Å². The molecule has 0 spiro atoms. The second-order valence-corrected chi connectivity index (χ2v) is 6.51. The van der Waals surface area contributed by atoms with Crippen LogP contribution in [0.4, 0.5) is 22.0 Å². The third kappa shape index (κ3) is 4.06. The number of aromatic nitrogens is 3. The highest BCUT2D eigenvalue weighted by molar-refractivity contribution is 5.65. The van der Waals surface area contributed by atoms with Crippen LogP contribution in [0.2, 0.25) is 0 Å². The second kappa shape index (κ2) is 6.69. The smallest absolute Gasteiger partial charge is 0.406 e. The Morgan fingerprint density at radius 1 is 0.929 bits per heavy atom. The molecule has 1 fully saturated rings. The van der Waals surface area contributed by atoms with Crippen LogP contribution >= 0.6 is 0 Å². The van der Waals surface area contributed by atoms with Gasteiger partial charge in [0, 0.05) is 6.20 Å². The van der Waals surface area contributed by atoms with Crippen molar-refractivity contribution in [2.24, 2.45) is 5.92 Å². The summed E-state index contributed by atoms with van der Waals surface area (Å²) < 4.78 is 75.2. The summed E-state index contributed by atoms with van der Waals surface area (Å²) in [4.78, 5) is 0. The van der Waals surface area contributed by atoms with Crippen LogP contribution in [0.3, 0.4) is 0 Å². The zero-order valence-corrected chi connectivity index (χ0v) is 14.3. The van der Waals surface area contributed by atoms with Gasteiger partial charge in [-0.3, -0.25) is 4.40 Å². The molecule has 1 aromatic carbocycles. The number of hydrogen-bond acceptors (Lipinski definition) is 4. The summed E-state index contributed by atoms with van der Waals surface area (Å²) in [6.07, 6.45) is -5.27. The van der Waals surface area contributed by atoms with Crippen molar-refractivity contribution < 1.29 is 31.4 Å². The lowest BCUT2D eigenvalue weighted by molar-refractivity contribution is -0.274. The molecule has 4 rings (SSSR count). The highest BCUT2D eigenvalue weighted by atomic mass is 19.4. The Labute approximate surface area is 155 Å². The van der Waals surface area contributed by atoms with Crippen LogP contribution in [0, 0.1) is 5.92 Å². The van der Waals surface area contributed by atoms with E-state index in [1.54, 1.807) is 6.07 Å². The normalized spacial score (nSPS) is 15.2. The van der Waals surface area contributed by atoms with Crippen LogP contribution in [0.5, 0.6) is 5.75 Å². The van der Waals surface area contributed by atoms with Crippen molar-refractivity contribution in [3.63, 3.8) is 0 Å². The molecule has 1 saturated carbocycles. The third-order valence-corrected chi connectivity index (χ3v) is 4.28. The first-order valence-corrected chi connectivity index (χ1v) is 8.44. The summed E-state index contributed by atoms with van der Waals surface area (Å²) in [7, 11) is 0. The minimum absolute atomic E-state index is 0.0533. The molecule has 0 bridgehead atoms. The van der Waals surface area contributed by atoms with Gasteiger partial charge in [-0.05, 0) is 54.2 Å². The Morgan fingerprint density at radius 3 is 2.25 bits per heavy atom. The summed E-state index contributed by atoms with van der Waals surface area (Å²) in [5, 5.41) is 7.27. The summed E-state index contributed by atoms with van der Waals surface area (Å²) >= 11 is 0. The predicted octanol–water partition coefficient (Wildman–Crippen LogP) is 4.77. The molecule has 0 saturated heterocycles. The quantitative estimate of drug-likeness (QED) is 0.561. The number of ether oxygens (including phenoxy) is 2. The molecule has 2 heterocycles. The summed E-state index contributed by atoms with van der Waals surface area (Å²) in [5.41, 5.74) is 1.20. The van der Waals surface area contributed by atoms with Gasteiger partial charge in [-0.1, -0.05) is 12.1 Å². The maximum Gasteiger partial charge on any atom is 0.573 e. The van der Waals surface area contributed by atoms with Gasteiger partial charge in [0.1, 0.15) is 5.75 Å². The summed E-state index contributed by atoms with van der Waals surface area (Å²) in [6.45, 7) is -0.0533. The van der Waals surface area contributed by atoms with Crippen molar-refractivity contribution in [2.75, 3.05) is 6.61 Å². The monoisotopic (exact) mass is 399 g/mol. The first kappa shape index (κ1) is 18.6. The van der Waals surface area contributed by atoms with E-state index in [0.717, 1.165) is 29.4 Å². The van der Waals surface area contributed by atoms with Crippen molar-refractivity contribution in [3.05, 3.63) is 48.4 Å². The van der Waals surface area contributed by atoms with Crippen molar-refractivity contribution in [1.29, 1.82) is 0 Å². The van der Waals surface area contributed by atoms with Crippen molar-refractivity contribution in [3.8, 4) is 16.9 Å². The van der Waals surface area contributed by atoms with E-state index in [4.69, 9.17) is 4.74 Å². The lowest BCUT2D eigenvalue weighted by Gasteiger charge is -2.15. The molecule has 3 aromatic rings. The number of pyridine rings is 1. The van der Waals surface area contributed by atoms with Crippen LogP contribution in [0.25, 0.3) is 16.8 Å². The molecular weight excluding hydrogens is 385 g/mol.